The third kappa shape index (κ3) is 1.75. The first-order valence-electron chi connectivity index (χ1n) is 4.07. The Balaban J connectivity index is 2.59. The van der Waals surface area contributed by atoms with Crippen LogP contribution in [-0.2, 0) is 11.3 Å². The molecule has 0 amide bonds. The molecular formula is C10H8Cl2OS. The van der Waals surface area contributed by atoms with Crippen molar-refractivity contribution < 1.29 is 4.74 Å². The molecule has 2 aromatic rings. The second kappa shape index (κ2) is 4.07. The van der Waals surface area contributed by atoms with Crippen molar-refractivity contribution in [3.05, 3.63) is 33.1 Å². The second-order valence-electron chi connectivity index (χ2n) is 2.92. The Hall–Kier alpha value is -0.280. The van der Waals surface area contributed by atoms with Crippen LogP contribution in [0.15, 0.2) is 18.2 Å². The van der Waals surface area contributed by atoms with Crippen LogP contribution in [0.5, 0.6) is 0 Å². The number of hydrogen-bond acceptors (Lipinski definition) is 2. The van der Waals surface area contributed by atoms with Gasteiger partial charge in [0.2, 0.25) is 0 Å². The molecule has 14 heavy (non-hydrogen) atoms. The lowest BCUT2D eigenvalue weighted by atomic mass is 10.2. The molecule has 0 aliphatic carbocycles. The molecule has 0 spiro atoms. The topological polar surface area (TPSA) is 9.23 Å². The lowest BCUT2D eigenvalue weighted by Crippen LogP contribution is -1.79. The molecule has 0 aliphatic heterocycles. The Morgan fingerprint density at radius 2 is 2.14 bits per heavy atom. The quantitative estimate of drug-likeness (QED) is 0.766. The molecule has 0 radical (unpaired) electrons. The average Bonchev–Trinajstić information content (AvgIpc) is 2.56. The molecular weight excluding hydrogens is 239 g/mol. The number of ether oxygens (including phenoxy) is 1. The van der Waals surface area contributed by atoms with Gasteiger partial charge in [0.05, 0.1) is 16.7 Å². The third-order valence-electron chi connectivity index (χ3n) is 1.93. The molecule has 1 aromatic carbocycles. The van der Waals surface area contributed by atoms with Crippen LogP contribution in [0.25, 0.3) is 10.1 Å². The minimum Gasteiger partial charge on any atom is -0.379 e. The first kappa shape index (κ1) is 10.2. The van der Waals surface area contributed by atoms with Crippen LogP contribution in [0.3, 0.4) is 0 Å². The zero-order chi connectivity index (χ0) is 10.1. The third-order valence-corrected chi connectivity index (χ3v) is 3.82. The van der Waals surface area contributed by atoms with Crippen LogP contribution in [0.2, 0.25) is 10.0 Å². The van der Waals surface area contributed by atoms with E-state index in [2.05, 4.69) is 0 Å². The van der Waals surface area contributed by atoms with Gasteiger partial charge < -0.3 is 4.74 Å². The molecule has 0 saturated heterocycles. The van der Waals surface area contributed by atoms with Crippen LogP contribution < -0.4 is 0 Å². The van der Waals surface area contributed by atoms with Crippen molar-refractivity contribution in [1.29, 1.82) is 0 Å². The van der Waals surface area contributed by atoms with Crippen LogP contribution >= 0.6 is 34.5 Å². The molecule has 0 saturated carbocycles. The molecule has 2 rings (SSSR count). The summed E-state index contributed by atoms with van der Waals surface area (Å²) in [6.07, 6.45) is 0. The van der Waals surface area contributed by atoms with E-state index >= 15 is 0 Å². The van der Waals surface area contributed by atoms with Crippen molar-refractivity contribution in [2.45, 2.75) is 6.61 Å². The molecule has 74 valence electrons. The van der Waals surface area contributed by atoms with Crippen molar-refractivity contribution in [1.82, 2.24) is 0 Å². The van der Waals surface area contributed by atoms with E-state index in [0.717, 1.165) is 15.0 Å². The Kier molecular flexibility index (Phi) is 2.98. The van der Waals surface area contributed by atoms with Crippen molar-refractivity contribution in [2.24, 2.45) is 0 Å². The highest BCUT2D eigenvalue weighted by Crippen LogP contribution is 2.35. The van der Waals surface area contributed by atoms with Gasteiger partial charge in [0.1, 0.15) is 0 Å². The van der Waals surface area contributed by atoms with Gasteiger partial charge in [-0.2, -0.15) is 0 Å². The largest absolute Gasteiger partial charge is 0.379 e. The predicted octanol–water partition coefficient (Wildman–Crippen LogP) is 4.35. The number of rotatable bonds is 2. The van der Waals surface area contributed by atoms with Gasteiger partial charge in [0.15, 0.2) is 0 Å². The summed E-state index contributed by atoms with van der Waals surface area (Å²) in [5.74, 6) is 0. The summed E-state index contributed by atoms with van der Waals surface area (Å²) in [5.41, 5.74) is 0. The Bertz CT molecular complexity index is 464. The molecule has 0 atom stereocenters. The monoisotopic (exact) mass is 246 g/mol. The summed E-state index contributed by atoms with van der Waals surface area (Å²) in [5, 5.41) is 2.24. The minimum atomic E-state index is 0.598. The van der Waals surface area contributed by atoms with Crippen LogP contribution in [-0.4, -0.2) is 7.11 Å². The highest BCUT2D eigenvalue weighted by Gasteiger charge is 2.07. The van der Waals surface area contributed by atoms with E-state index in [1.54, 1.807) is 18.4 Å². The first-order valence-corrected chi connectivity index (χ1v) is 5.65. The van der Waals surface area contributed by atoms with E-state index in [-0.39, 0.29) is 0 Å². The summed E-state index contributed by atoms with van der Waals surface area (Å²) < 4.78 is 6.21. The zero-order valence-corrected chi connectivity index (χ0v) is 9.84. The van der Waals surface area contributed by atoms with Crippen molar-refractivity contribution >= 4 is 44.6 Å². The summed E-state index contributed by atoms with van der Waals surface area (Å²) in [6, 6.07) is 5.82. The number of fused-ring (bicyclic) bond motifs is 1. The van der Waals surface area contributed by atoms with Gasteiger partial charge in [-0.1, -0.05) is 23.2 Å². The number of methoxy groups -OCH3 is 1. The Morgan fingerprint density at radius 3 is 2.86 bits per heavy atom. The summed E-state index contributed by atoms with van der Waals surface area (Å²) in [4.78, 5) is 1.16. The number of thiophene rings is 1. The summed E-state index contributed by atoms with van der Waals surface area (Å²) in [7, 11) is 1.68. The molecule has 1 aromatic heterocycles. The highest BCUT2D eigenvalue weighted by atomic mass is 35.5. The standard InChI is InChI=1S/C10H8Cl2OS/c1-13-5-6-4-7-9(14-6)3-2-8(11)10(7)12/h2-4H,5H2,1H3. The van der Waals surface area contributed by atoms with Gasteiger partial charge in [-0.15, -0.1) is 11.3 Å². The van der Waals surface area contributed by atoms with E-state index in [1.165, 1.54) is 0 Å². The molecule has 1 nitrogen and oxygen atoms in total. The van der Waals surface area contributed by atoms with E-state index < -0.39 is 0 Å². The number of hydrogen-bond donors (Lipinski definition) is 0. The molecule has 0 bridgehead atoms. The van der Waals surface area contributed by atoms with Crippen molar-refractivity contribution in [3.8, 4) is 0 Å². The number of benzene rings is 1. The predicted molar refractivity (Wildman–Crippen MR) is 62.6 cm³/mol. The maximum atomic E-state index is 6.07. The minimum absolute atomic E-state index is 0.598. The maximum absolute atomic E-state index is 6.07. The zero-order valence-electron chi connectivity index (χ0n) is 7.51. The van der Waals surface area contributed by atoms with Crippen molar-refractivity contribution in [3.63, 3.8) is 0 Å². The van der Waals surface area contributed by atoms with Crippen molar-refractivity contribution in [2.75, 3.05) is 7.11 Å². The van der Waals surface area contributed by atoms with E-state index in [9.17, 15) is 0 Å². The summed E-state index contributed by atoms with van der Waals surface area (Å²) in [6.45, 7) is 0.618. The molecule has 1 heterocycles. The first-order chi connectivity index (χ1) is 6.72. The van der Waals surface area contributed by atoms with E-state index in [4.69, 9.17) is 27.9 Å². The van der Waals surface area contributed by atoms with Gasteiger partial charge in [-0.25, -0.2) is 0 Å². The molecule has 0 fully saturated rings. The van der Waals surface area contributed by atoms with E-state index in [1.807, 2.05) is 18.2 Å². The van der Waals surface area contributed by atoms with Gasteiger partial charge in [0.25, 0.3) is 0 Å². The van der Waals surface area contributed by atoms with Gasteiger partial charge in [0, 0.05) is 22.1 Å². The molecule has 4 heteroatoms. The van der Waals surface area contributed by atoms with Gasteiger partial charge in [-0.05, 0) is 18.2 Å². The second-order valence-corrected chi connectivity index (χ2v) is 4.87. The molecule has 0 unspecified atom stereocenters. The fourth-order valence-corrected chi connectivity index (χ4v) is 2.80. The summed E-state index contributed by atoms with van der Waals surface area (Å²) >= 11 is 13.7. The SMILES string of the molecule is COCc1cc2c(Cl)c(Cl)ccc2s1. The average molecular weight is 247 g/mol. The molecule has 0 aliphatic rings. The lowest BCUT2D eigenvalue weighted by molar-refractivity contribution is 0.187. The van der Waals surface area contributed by atoms with E-state index in [0.29, 0.717) is 16.7 Å². The normalized spacial score (nSPS) is 11.1. The van der Waals surface area contributed by atoms with Crippen LogP contribution in [0.1, 0.15) is 4.88 Å². The van der Waals surface area contributed by atoms with Gasteiger partial charge >= 0.3 is 0 Å². The van der Waals surface area contributed by atoms with Gasteiger partial charge in [-0.3, -0.25) is 0 Å². The lowest BCUT2D eigenvalue weighted by Gasteiger charge is -1.95. The number of halogens is 2. The highest BCUT2D eigenvalue weighted by molar-refractivity contribution is 7.19. The fourth-order valence-electron chi connectivity index (χ4n) is 1.32. The fraction of sp³-hybridized carbons (Fsp3) is 0.200. The Labute approximate surface area is 96.2 Å². The molecule has 0 N–H and O–H groups in total. The maximum Gasteiger partial charge on any atom is 0.0806 e. The van der Waals surface area contributed by atoms with Crippen LogP contribution in [0.4, 0.5) is 0 Å². The smallest absolute Gasteiger partial charge is 0.0806 e. The Morgan fingerprint density at radius 1 is 1.36 bits per heavy atom. The van der Waals surface area contributed by atoms with Crippen LogP contribution in [0, 0.1) is 0 Å².